The molecule has 0 spiro atoms. The van der Waals surface area contributed by atoms with Crippen molar-refractivity contribution < 1.29 is 51.5 Å². The Balaban J connectivity index is 2.25. The highest BCUT2D eigenvalue weighted by atomic mass is 19.4. The maximum atomic E-state index is 14.4. The number of likely N-dealkylation sites (tertiary alicyclic amines) is 1. The van der Waals surface area contributed by atoms with Gasteiger partial charge in [-0.25, -0.2) is 0 Å². The molecule has 2 heterocycles. The molecule has 2 saturated heterocycles. The van der Waals surface area contributed by atoms with Crippen molar-refractivity contribution in [3.05, 3.63) is 0 Å². The van der Waals surface area contributed by atoms with Crippen molar-refractivity contribution >= 4 is 23.6 Å². The van der Waals surface area contributed by atoms with E-state index in [1.807, 2.05) is 10.6 Å². The number of amides is 4. The number of nitrogens with zero attached hydrogens (tertiary/aromatic N) is 2. The fourth-order valence-corrected chi connectivity index (χ4v) is 4.17. The van der Waals surface area contributed by atoms with E-state index in [4.69, 9.17) is 17.8 Å². The minimum atomic E-state index is -5.99. The molecule has 1 saturated carbocycles. The number of hydrogen-bond donors (Lipinski definition) is 3. The standard InChI is InChI=1S/C23H32F3N5O4/c1-21(2,3)16(30-20(35)23(24,25)26)19(34)31-10-13-14(22(13,4)5)15(31)18(33)29-12(9-27)8-11-6-7-28-17(11)32/h11-16H,6-8,10H2,1-5H3,(H,28,32)(H,29,33)(H,30,35)/t11-,12-,13-,14-,15-,16?/m0/s1/i1D3,2D3,3D3,7D2,10D2,15D. The molecule has 3 N–H and O–H groups in total. The molecule has 0 aromatic carbocycles. The van der Waals surface area contributed by atoms with Crippen molar-refractivity contribution in [1.29, 1.82) is 5.26 Å². The van der Waals surface area contributed by atoms with Crippen LogP contribution in [-0.4, -0.2) is 65.8 Å². The summed E-state index contributed by atoms with van der Waals surface area (Å²) in [4.78, 5) is 52.3. The quantitative estimate of drug-likeness (QED) is 0.490. The highest BCUT2D eigenvalue weighted by molar-refractivity contribution is 5.95. The number of carbonyl (C=O) groups is 4. The van der Waals surface area contributed by atoms with Crippen LogP contribution in [0.3, 0.4) is 0 Å². The fraction of sp³-hybridized carbons (Fsp3) is 0.783. The lowest BCUT2D eigenvalue weighted by Gasteiger charge is -2.37. The highest BCUT2D eigenvalue weighted by Gasteiger charge is 2.70. The smallest absolute Gasteiger partial charge is 0.356 e. The molecule has 12 heteroatoms. The highest BCUT2D eigenvalue weighted by Crippen LogP contribution is 2.65. The molecule has 0 aromatic heterocycles. The molecule has 9 nitrogen and oxygen atoms in total. The van der Waals surface area contributed by atoms with Crippen LogP contribution >= 0.6 is 0 Å². The van der Waals surface area contributed by atoms with Crippen LogP contribution in [0.2, 0.25) is 0 Å². The average Bonchev–Trinajstić information content (AvgIpc) is 3.27. The normalized spacial score (nSPS) is 40.9. The van der Waals surface area contributed by atoms with Gasteiger partial charge in [0, 0.05) is 36.7 Å². The number of carbonyl (C=O) groups excluding carboxylic acids is 4. The number of hydrogen-bond acceptors (Lipinski definition) is 5. The molecule has 35 heavy (non-hydrogen) atoms. The summed E-state index contributed by atoms with van der Waals surface area (Å²) in [5.41, 5.74) is -5.96. The third-order valence-corrected chi connectivity index (χ3v) is 6.21. The van der Waals surface area contributed by atoms with Gasteiger partial charge in [-0.2, -0.15) is 18.4 Å². The van der Waals surface area contributed by atoms with Crippen molar-refractivity contribution in [2.24, 2.45) is 28.6 Å². The van der Waals surface area contributed by atoms with Crippen molar-refractivity contribution in [1.82, 2.24) is 20.9 Å². The topological polar surface area (TPSA) is 131 Å². The Morgan fingerprint density at radius 3 is 2.51 bits per heavy atom. The minimum Gasteiger partial charge on any atom is -0.356 e. The number of halogens is 3. The summed E-state index contributed by atoms with van der Waals surface area (Å²) in [6, 6.07) is -7.30. The molecular formula is C23H32F3N5O4. The summed E-state index contributed by atoms with van der Waals surface area (Å²) in [6.45, 7) is -16.2. The monoisotopic (exact) mass is 513 g/mol. The molecule has 0 radical (unpaired) electrons. The van der Waals surface area contributed by atoms with Gasteiger partial charge in [-0.1, -0.05) is 34.4 Å². The van der Waals surface area contributed by atoms with E-state index in [1.165, 1.54) is 13.8 Å². The summed E-state index contributed by atoms with van der Waals surface area (Å²) in [7, 11) is 0. The molecule has 194 valence electrons. The lowest BCUT2D eigenvalue weighted by molar-refractivity contribution is -0.176. The second-order valence-corrected chi connectivity index (χ2v) is 9.13. The predicted octanol–water partition coefficient (Wildman–Crippen LogP) is 1.10. The SMILES string of the molecule is [2H]C1([2H])C[C@@H](C[C@@H](C#N)NC(=O)[C@]2([2H])[C@@H]3[C@@H](C3(C)C)C([2H])([2H])N2C(=O)C(NC(=O)C(F)(F)F)C(C([2H])([2H])[2H])(C([2H])([2H])[2H])C([2H])([2H])[2H])C(=O)N1. The molecule has 1 aliphatic carbocycles. The van der Waals surface area contributed by atoms with Crippen LogP contribution in [0.4, 0.5) is 13.2 Å². The van der Waals surface area contributed by atoms with Crippen LogP contribution in [0.5, 0.6) is 0 Å². The zero-order chi connectivity index (χ0) is 38.5. The van der Waals surface area contributed by atoms with Gasteiger partial charge in [0.15, 0.2) is 0 Å². The largest absolute Gasteiger partial charge is 0.471 e. The first-order valence-electron chi connectivity index (χ1n) is 17.3. The maximum absolute atomic E-state index is 14.4. The van der Waals surface area contributed by atoms with E-state index in [9.17, 15) is 39.0 Å². The summed E-state index contributed by atoms with van der Waals surface area (Å²) in [5.74, 6) is -12.6. The summed E-state index contributed by atoms with van der Waals surface area (Å²) in [6.07, 6.45) is -7.03. The summed E-state index contributed by atoms with van der Waals surface area (Å²) < 4.78 is 154. The zero-order valence-electron chi connectivity index (χ0n) is 32.5. The van der Waals surface area contributed by atoms with Gasteiger partial charge in [0.25, 0.3) is 0 Å². The van der Waals surface area contributed by atoms with Gasteiger partial charge in [0.05, 0.1) is 7.44 Å². The van der Waals surface area contributed by atoms with Crippen LogP contribution in [0.15, 0.2) is 0 Å². The molecule has 3 aliphatic rings. The van der Waals surface area contributed by atoms with Crippen molar-refractivity contribution in [3.8, 4) is 6.07 Å². The van der Waals surface area contributed by atoms with Gasteiger partial charge in [-0.3, -0.25) is 19.2 Å². The zero-order valence-corrected chi connectivity index (χ0v) is 18.5. The number of alkyl halides is 3. The first-order valence-corrected chi connectivity index (χ1v) is 10.3. The molecular weight excluding hydrogens is 467 g/mol. The summed E-state index contributed by atoms with van der Waals surface area (Å²) >= 11 is 0. The Morgan fingerprint density at radius 2 is 2.00 bits per heavy atom. The van der Waals surface area contributed by atoms with E-state index in [2.05, 4.69) is 0 Å². The van der Waals surface area contributed by atoms with Gasteiger partial charge < -0.3 is 20.9 Å². The Kier molecular flexibility index (Phi) is 3.46. The number of fused-ring (bicyclic) bond motifs is 1. The first-order chi connectivity index (χ1) is 21.6. The van der Waals surface area contributed by atoms with Gasteiger partial charge in [-0.05, 0) is 35.5 Å². The van der Waals surface area contributed by atoms with Crippen LogP contribution in [0.25, 0.3) is 0 Å². The molecule has 3 rings (SSSR count). The maximum Gasteiger partial charge on any atom is 0.471 e. The van der Waals surface area contributed by atoms with E-state index in [-0.39, 0.29) is 0 Å². The fourth-order valence-electron chi connectivity index (χ4n) is 4.17. The van der Waals surface area contributed by atoms with E-state index >= 15 is 0 Å². The molecule has 2 aliphatic heterocycles. The van der Waals surface area contributed by atoms with Crippen molar-refractivity contribution in [3.63, 3.8) is 0 Å². The van der Waals surface area contributed by atoms with Crippen LogP contribution < -0.4 is 16.0 Å². The number of nitrogens with one attached hydrogen (secondary N) is 3. The van der Waals surface area contributed by atoms with Gasteiger partial charge in [-0.15, -0.1) is 0 Å². The molecule has 1 unspecified atom stereocenters. The summed E-state index contributed by atoms with van der Waals surface area (Å²) in [5, 5.41) is 14.6. The van der Waals surface area contributed by atoms with E-state index in [1.54, 1.807) is 6.07 Å². The molecule has 0 aromatic rings. The number of nitriles is 1. The average molecular weight is 514 g/mol. The lowest BCUT2D eigenvalue weighted by atomic mass is 9.85. The van der Waals surface area contributed by atoms with Gasteiger partial charge >= 0.3 is 12.1 Å². The minimum absolute atomic E-state index is 0.398. The molecule has 0 bridgehead atoms. The van der Waals surface area contributed by atoms with E-state index in [0.29, 0.717) is 0 Å². The first kappa shape index (κ1) is 13.5. The molecule has 3 fully saturated rings. The van der Waals surface area contributed by atoms with Crippen molar-refractivity contribution in [2.45, 2.75) is 71.5 Å². The number of piperidine rings is 1. The van der Waals surface area contributed by atoms with E-state index < -0.39 is 128 Å². The number of rotatable bonds is 6. The van der Waals surface area contributed by atoms with Crippen LogP contribution in [-0.2, 0) is 19.2 Å². The van der Waals surface area contributed by atoms with Crippen LogP contribution in [0, 0.1) is 39.9 Å². The molecule has 6 atom stereocenters. The predicted molar refractivity (Wildman–Crippen MR) is 117 cm³/mol. The third-order valence-electron chi connectivity index (χ3n) is 6.21. The Labute approximate surface area is 221 Å². The van der Waals surface area contributed by atoms with Crippen molar-refractivity contribution in [2.75, 3.05) is 13.0 Å². The Hall–Kier alpha value is -2.84. The lowest BCUT2D eigenvalue weighted by Crippen LogP contribution is -2.61. The second-order valence-electron chi connectivity index (χ2n) is 9.13. The molecule has 4 amide bonds. The van der Waals surface area contributed by atoms with Crippen LogP contribution in [0.1, 0.15) is 66.4 Å². The second kappa shape index (κ2) is 8.99. The van der Waals surface area contributed by atoms with E-state index in [0.717, 1.165) is 5.32 Å². The third kappa shape index (κ3) is 5.23. The Bertz CT molecular complexity index is 1420. The van der Waals surface area contributed by atoms with Gasteiger partial charge in [0.1, 0.15) is 18.1 Å². The van der Waals surface area contributed by atoms with Gasteiger partial charge in [0.2, 0.25) is 17.7 Å². The Morgan fingerprint density at radius 1 is 1.34 bits per heavy atom.